The summed E-state index contributed by atoms with van der Waals surface area (Å²) in [5.41, 5.74) is 0.0338. The first-order valence-electron chi connectivity index (χ1n) is 26.7. The maximum atomic E-state index is 13.4. The van der Waals surface area contributed by atoms with Crippen molar-refractivity contribution in [1.82, 2.24) is 20.9 Å². The van der Waals surface area contributed by atoms with Crippen LogP contribution in [0.1, 0.15) is 193 Å². The molecule has 68 heavy (non-hydrogen) atoms. The topological polar surface area (TPSA) is 152 Å². The lowest BCUT2D eigenvalue weighted by Crippen LogP contribution is -2.51. The van der Waals surface area contributed by atoms with Crippen molar-refractivity contribution in [3.63, 3.8) is 0 Å². The smallest absolute Gasteiger partial charge is 0.407 e. The molecule has 3 saturated carbocycles. The van der Waals surface area contributed by atoms with Crippen molar-refractivity contribution in [1.29, 1.82) is 0 Å². The number of allylic oxidation sites excluding steroid dienone is 1. The van der Waals surface area contributed by atoms with E-state index in [1.165, 1.54) is 69.1 Å². The Bertz CT molecular complexity index is 1820. The van der Waals surface area contributed by atoms with Crippen LogP contribution in [0.3, 0.4) is 0 Å². The summed E-state index contributed by atoms with van der Waals surface area (Å²) in [6.45, 7) is 30.0. The van der Waals surface area contributed by atoms with Crippen LogP contribution in [0.5, 0.6) is 0 Å². The van der Waals surface area contributed by atoms with Crippen molar-refractivity contribution in [3.05, 3.63) is 23.8 Å². The van der Waals surface area contributed by atoms with E-state index in [9.17, 15) is 24.0 Å². The van der Waals surface area contributed by atoms with Crippen LogP contribution in [0.15, 0.2) is 23.8 Å². The van der Waals surface area contributed by atoms with Gasteiger partial charge >= 0.3 is 6.09 Å². The van der Waals surface area contributed by atoms with E-state index >= 15 is 0 Å². The second-order valence-corrected chi connectivity index (χ2v) is 25.2. The third-order valence-corrected chi connectivity index (χ3v) is 17.6. The van der Waals surface area contributed by atoms with Crippen LogP contribution in [-0.4, -0.2) is 90.3 Å². The molecular formula is C56H94N4O8. The zero-order chi connectivity index (χ0) is 50.3. The predicted octanol–water partition coefficient (Wildman–Crippen LogP) is 10.6. The Hall–Kier alpha value is -3.25. The van der Waals surface area contributed by atoms with Crippen LogP contribution in [-0.2, 0) is 33.4 Å². The molecule has 4 aliphatic carbocycles. The van der Waals surface area contributed by atoms with Crippen molar-refractivity contribution >= 4 is 29.7 Å². The molecule has 3 fully saturated rings. The van der Waals surface area contributed by atoms with Gasteiger partial charge < -0.3 is 30.2 Å². The number of amides is 5. The third kappa shape index (κ3) is 14.7. The minimum atomic E-state index is -0.657. The Labute approximate surface area is 411 Å². The van der Waals surface area contributed by atoms with Gasteiger partial charge in [0.05, 0.1) is 11.2 Å². The molecule has 5 aliphatic rings. The lowest BCUT2D eigenvalue weighted by Gasteiger charge is -2.58. The molecule has 0 aromatic heterocycles. The normalized spacial score (nSPS) is 27.9. The van der Waals surface area contributed by atoms with Crippen molar-refractivity contribution in [2.24, 2.45) is 51.8 Å². The summed E-state index contributed by atoms with van der Waals surface area (Å²) >= 11 is 0. The van der Waals surface area contributed by atoms with Crippen LogP contribution < -0.4 is 16.0 Å². The summed E-state index contributed by atoms with van der Waals surface area (Å²) in [4.78, 5) is 63.3. The van der Waals surface area contributed by atoms with Crippen LogP contribution in [0.4, 0.5) is 4.79 Å². The quantitative estimate of drug-likeness (QED) is 0.0604. The summed E-state index contributed by atoms with van der Waals surface area (Å²) in [5, 5.41) is 9.06. The fraction of sp³-hybridized carbons (Fsp3) is 0.839. The Kier molecular flexibility index (Phi) is 18.7. The van der Waals surface area contributed by atoms with Crippen LogP contribution in [0.25, 0.3) is 0 Å². The summed E-state index contributed by atoms with van der Waals surface area (Å²) in [5.74, 6) is 3.75. The molecular weight excluding hydrogens is 857 g/mol. The van der Waals surface area contributed by atoms with Gasteiger partial charge in [0.2, 0.25) is 11.8 Å². The van der Waals surface area contributed by atoms with Gasteiger partial charge in [-0.3, -0.25) is 24.1 Å². The van der Waals surface area contributed by atoms with E-state index in [-0.39, 0.29) is 42.4 Å². The van der Waals surface area contributed by atoms with E-state index < -0.39 is 34.0 Å². The fourth-order valence-electron chi connectivity index (χ4n) is 12.9. The number of ether oxygens (including phenoxy) is 3. The molecule has 0 aromatic rings. The van der Waals surface area contributed by atoms with Gasteiger partial charge in [0.15, 0.2) is 0 Å². The van der Waals surface area contributed by atoms with Crippen LogP contribution in [0, 0.1) is 51.8 Å². The molecule has 0 radical (unpaired) electrons. The Morgan fingerprint density at radius 2 is 1.41 bits per heavy atom. The zero-order valence-corrected chi connectivity index (χ0v) is 44.8. The van der Waals surface area contributed by atoms with Crippen molar-refractivity contribution in [3.8, 4) is 0 Å². The first-order chi connectivity index (χ1) is 31.7. The fourth-order valence-corrected chi connectivity index (χ4v) is 12.9. The van der Waals surface area contributed by atoms with Gasteiger partial charge in [-0.15, -0.1) is 0 Å². The van der Waals surface area contributed by atoms with E-state index in [4.69, 9.17) is 14.2 Å². The number of carbonyl (C=O) groups excluding carboxylic acids is 5. The van der Waals surface area contributed by atoms with Gasteiger partial charge in [-0.2, -0.15) is 0 Å². The SMILES string of the molecule is CC(C)CCC[C@@H](C)C1CCC2[C@@H]3CC=C4C[C@@H](OC(=O)NC(C)(C)CCOC(C)(C)CCNC(=O)C(C)(C)CCOC(C)(C)CCNC(=O)CCN5C(=O)C=CC5=O)CC[C@]4(C)C3CC[C@@]21C. The number of rotatable bonds is 25. The number of hydrogen-bond acceptors (Lipinski definition) is 8. The second-order valence-electron chi connectivity index (χ2n) is 25.2. The van der Waals surface area contributed by atoms with Crippen molar-refractivity contribution < 1.29 is 38.2 Å². The summed E-state index contributed by atoms with van der Waals surface area (Å²) in [7, 11) is 0. The van der Waals surface area contributed by atoms with E-state index in [0.717, 1.165) is 59.7 Å². The highest BCUT2D eigenvalue weighted by Gasteiger charge is 2.59. The van der Waals surface area contributed by atoms with Gasteiger partial charge in [-0.05, 0) is 159 Å². The molecule has 0 spiro atoms. The molecule has 12 nitrogen and oxygen atoms in total. The molecule has 12 heteroatoms. The molecule has 0 aromatic carbocycles. The number of fused-ring (bicyclic) bond motifs is 5. The average molecular weight is 951 g/mol. The minimum Gasteiger partial charge on any atom is -0.446 e. The number of carbonyl (C=O) groups is 5. The molecule has 0 bridgehead atoms. The van der Waals surface area contributed by atoms with Gasteiger partial charge in [-0.1, -0.05) is 79.4 Å². The summed E-state index contributed by atoms with van der Waals surface area (Å²) < 4.78 is 18.6. The van der Waals surface area contributed by atoms with Gasteiger partial charge in [0.1, 0.15) is 6.10 Å². The maximum Gasteiger partial charge on any atom is 0.407 e. The monoisotopic (exact) mass is 951 g/mol. The first kappa shape index (κ1) is 55.7. The highest BCUT2D eigenvalue weighted by Crippen LogP contribution is 2.67. The predicted molar refractivity (Wildman–Crippen MR) is 269 cm³/mol. The Morgan fingerprint density at radius 3 is 2.06 bits per heavy atom. The minimum absolute atomic E-state index is 0.0410. The lowest BCUT2D eigenvalue weighted by atomic mass is 9.47. The molecule has 8 atom stereocenters. The highest BCUT2D eigenvalue weighted by atomic mass is 16.6. The molecule has 3 N–H and O–H groups in total. The molecule has 5 amide bonds. The van der Waals surface area contributed by atoms with E-state index in [0.29, 0.717) is 57.4 Å². The van der Waals surface area contributed by atoms with E-state index in [1.54, 1.807) is 0 Å². The third-order valence-electron chi connectivity index (χ3n) is 17.6. The standard InChI is InChI=1S/C56H94N4O8/c1-38(2)15-14-16-39(3)43-19-20-44-42-18-17-40-37-41(23-26-55(40,12)45(42)24-27-56(43,44)13)68-50(65)59-52(6,7)31-36-67-54(10,11)29-33-58-49(64)51(4,5)30-35-66-53(8,9)28-32-57-46(61)25-34-60-47(62)21-22-48(60)63/h17,21-22,38-39,41-45H,14-16,18-20,23-37H2,1-13H3,(H,57,61)(H,58,64)(H,59,65)/t39-,41+,42+,43?,44?,45?,55+,56-/m1/s1. The number of hydrogen-bond donors (Lipinski definition) is 3. The number of nitrogens with zero attached hydrogens (tertiary/aromatic N) is 1. The molecule has 3 unspecified atom stereocenters. The lowest BCUT2D eigenvalue weighted by molar-refractivity contribution is -0.137. The van der Waals surface area contributed by atoms with Crippen LogP contribution >= 0.6 is 0 Å². The van der Waals surface area contributed by atoms with Gasteiger partial charge in [0, 0.05) is 68.8 Å². The number of alkyl carbamates (subject to hydrolysis) is 1. The molecule has 0 saturated heterocycles. The molecule has 1 heterocycles. The summed E-state index contributed by atoms with van der Waals surface area (Å²) in [6, 6.07) is 0. The number of imide groups is 1. The molecule has 1 aliphatic heterocycles. The van der Waals surface area contributed by atoms with E-state index in [1.807, 2.05) is 55.4 Å². The van der Waals surface area contributed by atoms with Crippen molar-refractivity contribution in [2.45, 2.75) is 216 Å². The van der Waals surface area contributed by atoms with Gasteiger partial charge in [0.25, 0.3) is 11.8 Å². The van der Waals surface area contributed by atoms with E-state index in [2.05, 4.69) is 56.6 Å². The van der Waals surface area contributed by atoms with Crippen LogP contribution in [0.2, 0.25) is 0 Å². The molecule has 386 valence electrons. The second kappa shape index (κ2) is 22.9. The van der Waals surface area contributed by atoms with Crippen molar-refractivity contribution in [2.75, 3.05) is 32.8 Å². The zero-order valence-electron chi connectivity index (χ0n) is 44.8. The highest BCUT2D eigenvalue weighted by molar-refractivity contribution is 6.13. The maximum absolute atomic E-state index is 13.4. The summed E-state index contributed by atoms with van der Waals surface area (Å²) in [6.07, 6.45) is 20.6. The Morgan fingerprint density at radius 1 is 0.779 bits per heavy atom. The average Bonchev–Trinajstić information content (AvgIpc) is 3.76. The first-order valence-corrected chi connectivity index (χ1v) is 26.7. The number of nitrogens with one attached hydrogen (secondary N) is 3. The van der Waals surface area contributed by atoms with Gasteiger partial charge in [-0.25, -0.2) is 4.79 Å². The largest absolute Gasteiger partial charge is 0.446 e. The molecule has 5 rings (SSSR count). The Balaban J connectivity index is 0.958.